The summed E-state index contributed by atoms with van der Waals surface area (Å²) in [5.74, 6) is 0. The molecule has 3 rings (SSSR count). The van der Waals surface area contributed by atoms with Crippen LogP contribution >= 0.6 is 46.4 Å². The highest BCUT2D eigenvalue weighted by atomic mass is 35.5. The first-order valence-corrected chi connectivity index (χ1v) is 7.65. The summed E-state index contributed by atoms with van der Waals surface area (Å²) in [5.41, 5.74) is 3.67. The lowest BCUT2D eigenvalue weighted by Gasteiger charge is -2.03. The van der Waals surface area contributed by atoms with Crippen molar-refractivity contribution < 1.29 is 0 Å². The van der Waals surface area contributed by atoms with Crippen molar-refractivity contribution in [2.45, 2.75) is 0 Å². The van der Waals surface area contributed by atoms with Crippen LogP contribution in [-0.2, 0) is 0 Å². The van der Waals surface area contributed by atoms with Gasteiger partial charge in [0, 0.05) is 43.6 Å². The van der Waals surface area contributed by atoms with E-state index >= 15 is 0 Å². The molecule has 0 radical (unpaired) electrons. The third kappa shape index (κ3) is 3.07. The summed E-state index contributed by atoms with van der Waals surface area (Å²) in [5, 5.41) is 2.42. The number of rotatable bonds is 2. The van der Waals surface area contributed by atoms with Crippen molar-refractivity contribution >= 4 is 46.4 Å². The molecule has 0 atom stereocenters. The number of hydrogen-bond acceptors (Lipinski definition) is 0. The molecule has 1 nitrogen and oxygen atoms in total. The topological polar surface area (TPSA) is 15.8 Å². The molecule has 0 aliphatic heterocycles. The van der Waals surface area contributed by atoms with E-state index < -0.39 is 0 Å². The van der Waals surface area contributed by atoms with Crippen molar-refractivity contribution in [3.05, 3.63) is 68.8 Å². The smallest absolute Gasteiger partial charge is 0.0514 e. The Labute approximate surface area is 142 Å². The van der Waals surface area contributed by atoms with E-state index in [1.54, 1.807) is 18.2 Å². The molecule has 0 unspecified atom stereocenters. The predicted molar refractivity (Wildman–Crippen MR) is 91.7 cm³/mol. The quantitative estimate of drug-likeness (QED) is 0.510. The van der Waals surface area contributed by atoms with Crippen LogP contribution in [0, 0.1) is 0 Å². The highest BCUT2D eigenvalue weighted by molar-refractivity contribution is 6.37. The maximum atomic E-state index is 6.23. The highest BCUT2D eigenvalue weighted by Gasteiger charge is 2.10. The molecule has 2 aromatic carbocycles. The summed E-state index contributed by atoms with van der Waals surface area (Å²) >= 11 is 24.3. The Bertz CT molecular complexity index is 742. The van der Waals surface area contributed by atoms with E-state index in [1.807, 2.05) is 30.5 Å². The molecule has 0 saturated carbocycles. The zero-order valence-electron chi connectivity index (χ0n) is 10.6. The molecule has 21 heavy (non-hydrogen) atoms. The number of hydrogen-bond donors (Lipinski definition) is 1. The number of halogens is 4. The molecule has 0 aliphatic rings. The van der Waals surface area contributed by atoms with E-state index in [0.29, 0.717) is 20.1 Å². The Morgan fingerprint density at radius 2 is 1.24 bits per heavy atom. The van der Waals surface area contributed by atoms with Crippen LogP contribution in [0.3, 0.4) is 0 Å². The number of nitrogens with one attached hydrogen (secondary N) is 1. The minimum absolute atomic E-state index is 0.595. The molecule has 106 valence electrons. The molecule has 1 aromatic heterocycles. The van der Waals surface area contributed by atoms with E-state index in [0.717, 1.165) is 22.4 Å². The van der Waals surface area contributed by atoms with E-state index in [2.05, 4.69) is 4.98 Å². The second-order valence-corrected chi connectivity index (χ2v) is 6.24. The normalized spacial score (nSPS) is 10.9. The van der Waals surface area contributed by atoms with Crippen molar-refractivity contribution in [2.24, 2.45) is 0 Å². The Balaban J connectivity index is 2.03. The molecule has 0 saturated heterocycles. The minimum atomic E-state index is 0.595. The van der Waals surface area contributed by atoms with Gasteiger partial charge in [-0.25, -0.2) is 0 Å². The van der Waals surface area contributed by atoms with Gasteiger partial charge in [-0.15, -0.1) is 0 Å². The van der Waals surface area contributed by atoms with Crippen molar-refractivity contribution in [2.75, 3.05) is 0 Å². The van der Waals surface area contributed by atoms with Gasteiger partial charge in [0.15, 0.2) is 0 Å². The number of H-pyrrole nitrogens is 1. The lowest BCUT2D eigenvalue weighted by Crippen LogP contribution is -1.79. The van der Waals surface area contributed by atoms with Gasteiger partial charge in [0.2, 0.25) is 0 Å². The fourth-order valence-electron chi connectivity index (χ4n) is 2.14. The summed E-state index contributed by atoms with van der Waals surface area (Å²) < 4.78 is 0. The van der Waals surface area contributed by atoms with Gasteiger partial charge in [-0.1, -0.05) is 52.5 Å². The molecule has 0 aliphatic carbocycles. The molecular weight excluding hydrogens is 348 g/mol. The second kappa shape index (κ2) is 5.94. The lowest BCUT2D eigenvalue weighted by atomic mass is 10.1. The number of aromatic nitrogens is 1. The Kier molecular flexibility index (Phi) is 4.19. The van der Waals surface area contributed by atoms with E-state index in [-0.39, 0.29) is 0 Å². The summed E-state index contributed by atoms with van der Waals surface area (Å²) in [6.45, 7) is 0. The molecule has 0 amide bonds. The molecule has 3 aromatic rings. The molecule has 0 fully saturated rings. The Hall–Kier alpha value is -1.12. The molecule has 1 heterocycles. The second-order valence-electron chi connectivity index (χ2n) is 4.55. The molecule has 1 N–H and O–H groups in total. The summed E-state index contributed by atoms with van der Waals surface area (Å²) in [6, 6.07) is 12.8. The Morgan fingerprint density at radius 1 is 0.667 bits per heavy atom. The van der Waals surface area contributed by atoms with E-state index in [4.69, 9.17) is 46.4 Å². The maximum absolute atomic E-state index is 6.23. The first-order chi connectivity index (χ1) is 10.0. The van der Waals surface area contributed by atoms with Gasteiger partial charge in [-0.05, 0) is 36.4 Å². The lowest BCUT2D eigenvalue weighted by molar-refractivity contribution is 1.40. The summed E-state index contributed by atoms with van der Waals surface area (Å²) in [6.07, 6.45) is 1.88. The average molecular weight is 357 g/mol. The zero-order chi connectivity index (χ0) is 15.0. The van der Waals surface area contributed by atoms with Crippen molar-refractivity contribution in [3.8, 4) is 22.4 Å². The minimum Gasteiger partial charge on any atom is -0.361 e. The zero-order valence-corrected chi connectivity index (χ0v) is 13.7. The third-order valence-electron chi connectivity index (χ3n) is 3.15. The molecule has 5 heteroatoms. The van der Waals surface area contributed by atoms with Gasteiger partial charge in [-0.2, -0.15) is 0 Å². The van der Waals surface area contributed by atoms with Crippen LogP contribution in [0.5, 0.6) is 0 Å². The molecular formula is C16H9Cl4N. The third-order valence-corrected chi connectivity index (χ3v) is 4.24. The van der Waals surface area contributed by atoms with Gasteiger partial charge in [0.05, 0.1) is 5.02 Å². The van der Waals surface area contributed by atoms with Crippen LogP contribution < -0.4 is 0 Å². The van der Waals surface area contributed by atoms with Crippen LogP contribution in [0.15, 0.2) is 48.7 Å². The fourth-order valence-corrected chi connectivity index (χ4v) is 3.16. The first kappa shape index (κ1) is 14.8. The highest BCUT2D eigenvalue weighted by Crippen LogP contribution is 2.35. The first-order valence-electron chi connectivity index (χ1n) is 6.14. The van der Waals surface area contributed by atoms with Crippen molar-refractivity contribution in [1.82, 2.24) is 4.98 Å². The van der Waals surface area contributed by atoms with E-state index in [9.17, 15) is 0 Å². The number of benzene rings is 2. The van der Waals surface area contributed by atoms with E-state index in [1.165, 1.54) is 0 Å². The standard InChI is InChI=1S/C16H9Cl4N/c17-10-1-3-12(14(19)6-10)9-5-16(21-8-9)13-4-2-11(18)7-15(13)20/h1-8,21H. The number of aromatic amines is 1. The van der Waals surface area contributed by atoms with Gasteiger partial charge in [0.1, 0.15) is 0 Å². The van der Waals surface area contributed by atoms with Crippen LogP contribution in [0.2, 0.25) is 20.1 Å². The van der Waals surface area contributed by atoms with Crippen LogP contribution in [0.4, 0.5) is 0 Å². The SMILES string of the molecule is Clc1ccc(-c2c[nH]c(-c3ccc(Cl)cc3Cl)c2)c(Cl)c1. The van der Waals surface area contributed by atoms with Crippen LogP contribution in [0.25, 0.3) is 22.4 Å². The predicted octanol–water partition coefficient (Wildman–Crippen LogP) is 6.96. The molecule has 0 spiro atoms. The average Bonchev–Trinajstić information content (AvgIpc) is 2.87. The van der Waals surface area contributed by atoms with Gasteiger partial charge in [0.25, 0.3) is 0 Å². The van der Waals surface area contributed by atoms with Crippen LogP contribution in [-0.4, -0.2) is 4.98 Å². The Morgan fingerprint density at radius 3 is 1.81 bits per heavy atom. The summed E-state index contributed by atoms with van der Waals surface area (Å²) in [7, 11) is 0. The summed E-state index contributed by atoms with van der Waals surface area (Å²) in [4.78, 5) is 3.20. The largest absolute Gasteiger partial charge is 0.361 e. The van der Waals surface area contributed by atoms with Gasteiger partial charge in [-0.3, -0.25) is 0 Å². The van der Waals surface area contributed by atoms with Crippen molar-refractivity contribution in [3.63, 3.8) is 0 Å². The van der Waals surface area contributed by atoms with Gasteiger partial charge < -0.3 is 4.98 Å². The monoisotopic (exact) mass is 355 g/mol. The maximum Gasteiger partial charge on any atom is 0.0514 e. The van der Waals surface area contributed by atoms with Crippen molar-refractivity contribution in [1.29, 1.82) is 0 Å². The van der Waals surface area contributed by atoms with Gasteiger partial charge >= 0.3 is 0 Å². The van der Waals surface area contributed by atoms with Crippen LogP contribution in [0.1, 0.15) is 0 Å². The molecule has 0 bridgehead atoms. The fraction of sp³-hybridized carbons (Fsp3) is 0.